The number of benzene rings is 1. The van der Waals surface area contributed by atoms with Gasteiger partial charge in [0.05, 0.1) is 5.69 Å². The number of nitrogens with zero attached hydrogens (tertiary/aromatic N) is 5. The van der Waals surface area contributed by atoms with Crippen LogP contribution >= 0.6 is 0 Å². The van der Waals surface area contributed by atoms with Gasteiger partial charge in [-0.05, 0) is 84.4 Å². The highest BCUT2D eigenvalue weighted by Gasteiger charge is 2.33. The summed E-state index contributed by atoms with van der Waals surface area (Å²) in [4.78, 5) is 27.7. The van der Waals surface area contributed by atoms with Crippen LogP contribution in [0.2, 0.25) is 0 Å². The van der Waals surface area contributed by atoms with Gasteiger partial charge in [0, 0.05) is 50.2 Å². The van der Waals surface area contributed by atoms with Crippen molar-refractivity contribution in [2.45, 2.75) is 52.1 Å². The standard InChI is InChI=1S/C28H41N5O2/c1-21-6-4-5-7-25(21)27-29-26(22(2)35-27)20-31-14-8-23(9-15-31)28(34)33-18-16-32(17-19-33)24-10-12-30(3)13-11-24/h4-7,23-24H,8-20H2,1-3H3. The van der Waals surface area contributed by atoms with Crippen LogP contribution in [-0.2, 0) is 11.3 Å². The Morgan fingerprint density at radius 1 is 0.943 bits per heavy atom. The van der Waals surface area contributed by atoms with E-state index in [0.29, 0.717) is 17.8 Å². The number of amides is 1. The first-order valence-corrected chi connectivity index (χ1v) is 13.4. The van der Waals surface area contributed by atoms with Crippen molar-refractivity contribution in [3.05, 3.63) is 41.3 Å². The van der Waals surface area contributed by atoms with Crippen molar-refractivity contribution in [1.29, 1.82) is 0 Å². The maximum absolute atomic E-state index is 13.2. The quantitative estimate of drug-likeness (QED) is 0.655. The number of likely N-dealkylation sites (tertiary alicyclic amines) is 2. The Balaban J connectivity index is 1.09. The number of hydrogen-bond acceptors (Lipinski definition) is 6. The van der Waals surface area contributed by atoms with Gasteiger partial charge in [0.2, 0.25) is 11.8 Å². The molecule has 1 aromatic carbocycles. The molecule has 7 heteroatoms. The molecule has 0 radical (unpaired) electrons. The molecule has 3 aliphatic heterocycles. The van der Waals surface area contributed by atoms with E-state index in [4.69, 9.17) is 9.40 Å². The van der Waals surface area contributed by atoms with E-state index >= 15 is 0 Å². The summed E-state index contributed by atoms with van der Waals surface area (Å²) in [6, 6.07) is 8.92. The summed E-state index contributed by atoms with van der Waals surface area (Å²) in [6.45, 7) is 13.0. The van der Waals surface area contributed by atoms with Gasteiger partial charge in [0.1, 0.15) is 5.76 Å². The van der Waals surface area contributed by atoms with Crippen LogP contribution in [0.15, 0.2) is 28.7 Å². The Morgan fingerprint density at radius 2 is 1.63 bits per heavy atom. The first-order chi connectivity index (χ1) is 17.0. The third kappa shape index (κ3) is 5.63. The highest BCUT2D eigenvalue weighted by atomic mass is 16.4. The molecule has 3 saturated heterocycles. The number of piperazine rings is 1. The average Bonchev–Trinajstić information content (AvgIpc) is 3.24. The lowest BCUT2D eigenvalue weighted by Gasteiger charge is -2.43. The van der Waals surface area contributed by atoms with E-state index in [9.17, 15) is 4.79 Å². The van der Waals surface area contributed by atoms with Crippen molar-refractivity contribution < 1.29 is 9.21 Å². The van der Waals surface area contributed by atoms with E-state index in [2.05, 4.69) is 45.7 Å². The molecule has 0 bridgehead atoms. The maximum Gasteiger partial charge on any atom is 0.226 e. The monoisotopic (exact) mass is 479 g/mol. The van der Waals surface area contributed by atoms with Crippen molar-refractivity contribution in [2.24, 2.45) is 5.92 Å². The third-order valence-electron chi connectivity index (χ3n) is 8.41. The fourth-order valence-electron chi connectivity index (χ4n) is 5.98. The SMILES string of the molecule is Cc1ccccc1-c1nc(CN2CCC(C(=O)N3CCN(C4CCN(C)CC4)CC3)CC2)c(C)o1. The van der Waals surface area contributed by atoms with Gasteiger partial charge in [-0.1, -0.05) is 18.2 Å². The average molecular weight is 480 g/mol. The summed E-state index contributed by atoms with van der Waals surface area (Å²) in [6.07, 6.45) is 4.41. The molecule has 0 unspecified atom stereocenters. The fourth-order valence-corrected chi connectivity index (χ4v) is 5.98. The maximum atomic E-state index is 13.2. The van der Waals surface area contributed by atoms with E-state index in [-0.39, 0.29) is 5.92 Å². The summed E-state index contributed by atoms with van der Waals surface area (Å²) in [5.74, 6) is 2.15. The Kier molecular flexibility index (Phi) is 7.56. The van der Waals surface area contributed by atoms with E-state index in [0.717, 1.165) is 75.7 Å². The molecule has 3 aliphatic rings. The molecule has 190 valence electrons. The lowest BCUT2D eigenvalue weighted by atomic mass is 9.94. The van der Waals surface area contributed by atoms with Crippen LogP contribution in [-0.4, -0.2) is 95.9 Å². The van der Waals surface area contributed by atoms with Gasteiger partial charge in [-0.15, -0.1) is 0 Å². The number of hydrogen-bond donors (Lipinski definition) is 0. The molecule has 0 saturated carbocycles. The zero-order valence-electron chi connectivity index (χ0n) is 21.7. The molecule has 5 rings (SSSR count). The Bertz CT molecular complexity index is 997. The van der Waals surface area contributed by atoms with E-state index in [1.807, 2.05) is 19.1 Å². The van der Waals surface area contributed by atoms with Gasteiger partial charge >= 0.3 is 0 Å². The lowest BCUT2D eigenvalue weighted by Crippen LogP contribution is -2.55. The van der Waals surface area contributed by atoms with Crippen LogP contribution in [0, 0.1) is 19.8 Å². The first-order valence-electron chi connectivity index (χ1n) is 13.4. The number of rotatable bonds is 5. The number of aromatic nitrogens is 1. The molecule has 1 aromatic heterocycles. The summed E-state index contributed by atoms with van der Waals surface area (Å²) in [5.41, 5.74) is 3.24. The van der Waals surface area contributed by atoms with Crippen molar-refractivity contribution in [2.75, 3.05) is 59.4 Å². The highest BCUT2D eigenvalue weighted by Crippen LogP contribution is 2.27. The summed E-state index contributed by atoms with van der Waals surface area (Å²) in [5, 5.41) is 0. The number of oxazole rings is 1. The molecule has 0 N–H and O–H groups in total. The summed E-state index contributed by atoms with van der Waals surface area (Å²) < 4.78 is 6.01. The normalized spacial score (nSPS) is 22.1. The second-order valence-corrected chi connectivity index (χ2v) is 10.8. The molecule has 0 atom stereocenters. The molecule has 0 spiro atoms. The molecule has 1 amide bonds. The number of carbonyl (C=O) groups excluding carboxylic acids is 1. The second-order valence-electron chi connectivity index (χ2n) is 10.8. The summed E-state index contributed by atoms with van der Waals surface area (Å²) in [7, 11) is 2.22. The zero-order valence-corrected chi connectivity index (χ0v) is 21.7. The van der Waals surface area contributed by atoms with E-state index < -0.39 is 0 Å². The zero-order chi connectivity index (χ0) is 24.4. The van der Waals surface area contributed by atoms with Gasteiger partial charge in [0.15, 0.2) is 0 Å². The van der Waals surface area contributed by atoms with Gasteiger partial charge in [-0.3, -0.25) is 14.6 Å². The van der Waals surface area contributed by atoms with Crippen molar-refractivity contribution >= 4 is 5.91 Å². The van der Waals surface area contributed by atoms with Crippen LogP contribution in [0.4, 0.5) is 0 Å². The van der Waals surface area contributed by atoms with Crippen LogP contribution in [0.5, 0.6) is 0 Å². The largest absolute Gasteiger partial charge is 0.441 e. The highest BCUT2D eigenvalue weighted by molar-refractivity contribution is 5.79. The van der Waals surface area contributed by atoms with Crippen molar-refractivity contribution in [3.8, 4) is 11.5 Å². The first kappa shape index (κ1) is 24.5. The van der Waals surface area contributed by atoms with Gasteiger partial charge in [0.25, 0.3) is 0 Å². The topological polar surface area (TPSA) is 56.1 Å². The van der Waals surface area contributed by atoms with Gasteiger partial charge in [-0.25, -0.2) is 4.98 Å². The summed E-state index contributed by atoms with van der Waals surface area (Å²) >= 11 is 0. The van der Waals surface area contributed by atoms with E-state index in [1.54, 1.807) is 0 Å². The third-order valence-corrected chi connectivity index (χ3v) is 8.41. The van der Waals surface area contributed by atoms with Crippen LogP contribution < -0.4 is 0 Å². The Hall–Kier alpha value is -2.22. The van der Waals surface area contributed by atoms with E-state index in [1.165, 1.54) is 31.5 Å². The molecule has 7 nitrogen and oxygen atoms in total. The van der Waals surface area contributed by atoms with Crippen molar-refractivity contribution in [3.63, 3.8) is 0 Å². The van der Waals surface area contributed by atoms with Gasteiger partial charge < -0.3 is 14.2 Å². The Morgan fingerprint density at radius 3 is 2.31 bits per heavy atom. The molecule has 2 aromatic rings. The predicted octanol–water partition coefficient (Wildman–Crippen LogP) is 3.41. The molecule has 3 fully saturated rings. The number of piperidine rings is 2. The lowest BCUT2D eigenvalue weighted by molar-refractivity contribution is -0.139. The van der Waals surface area contributed by atoms with Crippen LogP contribution in [0.3, 0.4) is 0 Å². The van der Waals surface area contributed by atoms with Crippen LogP contribution in [0.1, 0.15) is 42.7 Å². The molecular weight excluding hydrogens is 438 g/mol. The van der Waals surface area contributed by atoms with Crippen LogP contribution in [0.25, 0.3) is 11.5 Å². The fraction of sp³-hybridized carbons (Fsp3) is 0.643. The second kappa shape index (κ2) is 10.8. The molecule has 4 heterocycles. The minimum absolute atomic E-state index is 0.169. The van der Waals surface area contributed by atoms with Gasteiger partial charge in [-0.2, -0.15) is 0 Å². The van der Waals surface area contributed by atoms with Crippen molar-refractivity contribution in [1.82, 2.24) is 24.6 Å². The molecular formula is C28H41N5O2. The smallest absolute Gasteiger partial charge is 0.226 e. The minimum atomic E-state index is 0.169. The number of aryl methyl sites for hydroxylation is 2. The molecule has 0 aliphatic carbocycles. The minimum Gasteiger partial charge on any atom is -0.441 e. The predicted molar refractivity (Wildman–Crippen MR) is 138 cm³/mol. The number of carbonyl (C=O) groups is 1. The molecule has 35 heavy (non-hydrogen) atoms. The Labute approximate surface area is 210 Å².